The molecule has 0 amide bonds. The molecule has 0 aliphatic rings. The summed E-state index contributed by atoms with van der Waals surface area (Å²) < 4.78 is 14.0. The van der Waals surface area contributed by atoms with E-state index in [4.69, 9.17) is 15.0 Å². The number of para-hydroxylation sites is 7. The van der Waals surface area contributed by atoms with Crippen molar-refractivity contribution in [3.05, 3.63) is 443 Å². The normalized spacial score (nSPS) is 11.8. The first-order valence-corrected chi connectivity index (χ1v) is 41.5. The predicted octanol–water partition coefficient (Wildman–Crippen LogP) is 29.1. The lowest BCUT2D eigenvalue weighted by atomic mass is 9.98. The molecular formula is C113H73N9. The van der Waals surface area contributed by atoms with Crippen LogP contribution in [-0.2, 0) is 0 Å². The Morgan fingerprint density at radius 1 is 0.156 bits per heavy atom. The van der Waals surface area contributed by atoms with Crippen molar-refractivity contribution in [1.82, 2.24) is 42.4 Å². The molecule has 570 valence electrons. The Kier molecular flexibility index (Phi) is 16.4. The maximum Gasteiger partial charge on any atom is 0.145 e. The zero-order chi connectivity index (χ0) is 80.3. The highest BCUT2D eigenvalue weighted by molar-refractivity contribution is 6.20. The van der Waals surface area contributed by atoms with Crippen molar-refractivity contribution in [2.75, 3.05) is 0 Å². The first-order chi connectivity index (χ1) is 60.6. The molecule has 0 aliphatic heterocycles. The zero-order valence-electron chi connectivity index (χ0n) is 66.2. The summed E-state index contributed by atoms with van der Waals surface area (Å²) in [5.41, 5.74) is 28.9. The predicted molar refractivity (Wildman–Crippen MR) is 510 cm³/mol. The van der Waals surface area contributed by atoms with Crippen LogP contribution in [0.15, 0.2) is 443 Å². The average molecular weight is 1560 g/mol. The summed E-state index contributed by atoms with van der Waals surface area (Å²) in [6.45, 7) is 0. The van der Waals surface area contributed by atoms with Crippen molar-refractivity contribution in [1.29, 1.82) is 0 Å². The minimum absolute atomic E-state index is 0.972. The highest BCUT2D eigenvalue weighted by Gasteiger charge is 2.24. The number of hydrogen-bond donors (Lipinski definition) is 0. The van der Waals surface area contributed by atoms with E-state index in [1.54, 1.807) is 0 Å². The van der Waals surface area contributed by atoms with Gasteiger partial charge in [0.25, 0.3) is 0 Å². The molecule has 9 nitrogen and oxygen atoms in total. The van der Waals surface area contributed by atoms with Gasteiger partial charge in [-0.2, -0.15) is 0 Å². The van der Waals surface area contributed by atoms with Crippen LogP contribution in [0.25, 0.3) is 220 Å². The second-order valence-electron chi connectivity index (χ2n) is 31.4. The van der Waals surface area contributed by atoms with Crippen molar-refractivity contribution in [2.24, 2.45) is 0 Å². The van der Waals surface area contributed by atoms with Gasteiger partial charge in [-0.3, -0.25) is 14.1 Å². The summed E-state index contributed by atoms with van der Waals surface area (Å²) in [5.74, 6) is 0. The zero-order valence-corrected chi connectivity index (χ0v) is 66.2. The summed E-state index contributed by atoms with van der Waals surface area (Å²) in [5, 5.41) is 18.4. The van der Waals surface area contributed by atoms with Crippen LogP contribution in [0.1, 0.15) is 0 Å². The molecule has 0 radical (unpaired) electrons. The Morgan fingerprint density at radius 2 is 0.459 bits per heavy atom. The second-order valence-corrected chi connectivity index (χ2v) is 31.4. The van der Waals surface area contributed by atoms with E-state index in [2.05, 4.69) is 434 Å². The molecule has 0 atom stereocenters. The number of rotatable bonds is 9. The lowest BCUT2D eigenvalue weighted by Gasteiger charge is -2.10. The standard InChI is InChI=1S/2C39H25N3.C35H23N3/c1-2-12-29(13-3-1)42-37-18-8-15-31(38(37)33-16-9-23-40-39(33)42)28-20-22-36-34(25-28)32-14-6-7-17-35(32)41(36)30-21-19-26-10-4-5-11-27(26)24-30;1-2-11-30(12-3-1)41-37-21-18-29(25-34(37)39-38(41)15-8-22-40-39)28-17-20-36-33(24-28)32-13-6-7-14-35(32)42(36)31-19-16-26-9-4-5-10-27(26)23-31;1-3-11-25(12-4-1)37-31-18-8-7-15-28(31)30-23-24(20-21-32(30)37)27-16-9-19-33-34(27)29-17-10-22-36-35(29)38(33)26-13-5-2-6-14-26/h2*1-25H;1-23H. The highest BCUT2D eigenvalue weighted by Crippen LogP contribution is 2.45. The molecule has 0 N–H and O–H groups in total. The lowest BCUT2D eigenvalue weighted by Crippen LogP contribution is -1.94. The van der Waals surface area contributed by atoms with Crippen LogP contribution in [-0.4, -0.2) is 42.4 Å². The first kappa shape index (κ1) is 69.8. The minimum Gasteiger partial charge on any atom is -0.309 e. The number of fused-ring (bicyclic) bond motifs is 20. The number of benzene rings is 17. The van der Waals surface area contributed by atoms with Gasteiger partial charge in [0.1, 0.15) is 11.3 Å². The Morgan fingerprint density at radius 3 is 0.902 bits per heavy atom. The van der Waals surface area contributed by atoms with Gasteiger partial charge in [-0.1, -0.05) is 237 Å². The van der Waals surface area contributed by atoms with Gasteiger partial charge in [-0.15, -0.1) is 0 Å². The van der Waals surface area contributed by atoms with Gasteiger partial charge in [0.2, 0.25) is 0 Å². The third-order valence-electron chi connectivity index (χ3n) is 24.6. The number of hydrogen-bond acceptors (Lipinski definition) is 3. The summed E-state index contributed by atoms with van der Waals surface area (Å²) in [7, 11) is 0. The van der Waals surface area contributed by atoms with Crippen LogP contribution in [0.4, 0.5) is 0 Å². The lowest BCUT2D eigenvalue weighted by molar-refractivity contribution is 1.14. The van der Waals surface area contributed by atoms with E-state index in [9.17, 15) is 0 Å². The van der Waals surface area contributed by atoms with E-state index in [1.807, 2.05) is 36.8 Å². The molecule has 0 fully saturated rings. The molecule has 9 heteroatoms. The van der Waals surface area contributed by atoms with Crippen molar-refractivity contribution in [3.63, 3.8) is 0 Å². The molecule has 26 rings (SSSR count). The quantitative estimate of drug-likeness (QED) is 0.145. The Balaban J connectivity index is 0.000000104. The third kappa shape index (κ3) is 11.4. The topological polar surface area (TPSA) is 68.2 Å². The molecule has 0 saturated carbocycles. The van der Waals surface area contributed by atoms with E-state index in [0.29, 0.717) is 0 Å². The van der Waals surface area contributed by atoms with Gasteiger partial charge in [0, 0.05) is 112 Å². The van der Waals surface area contributed by atoms with E-state index in [1.165, 1.54) is 148 Å². The van der Waals surface area contributed by atoms with Crippen LogP contribution >= 0.6 is 0 Å². The largest absolute Gasteiger partial charge is 0.309 e. The van der Waals surface area contributed by atoms with Crippen LogP contribution in [0.3, 0.4) is 0 Å². The molecule has 0 unspecified atom stereocenters. The number of pyridine rings is 3. The molecule has 9 heterocycles. The molecule has 0 spiro atoms. The summed E-state index contributed by atoms with van der Waals surface area (Å²) in [6, 6.07) is 152. The van der Waals surface area contributed by atoms with E-state index < -0.39 is 0 Å². The molecule has 17 aromatic carbocycles. The van der Waals surface area contributed by atoms with Crippen molar-refractivity contribution in [2.45, 2.75) is 0 Å². The summed E-state index contributed by atoms with van der Waals surface area (Å²) in [4.78, 5) is 14.5. The first-order valence-electron chi connectivity index (χ1n) is 41.5. The third-order valence-corrected chi connectivity index (χ3v) is 24.6. The fourth-order valence-corrected chi connectivity index (χ4v) is 19.3. The van der Waals surface area contributed by atoms with E-state index in [-0.39, 0.29) is 0 Å². The number of aromatic nitrogens is 9. The second kappa shape index (κ2) is 28.7. The SMILES string of the molecule is c1ccc(-n2c3ccc(-c4ccc5c(c4)c4ccccc4n5-c4ccc5ccccc5c4)cc3c3ncccc32)cc1.c1ccc(-n2c3cccc(-c4ccc5c(c4)c4ccccc4n5-c4ccc5ccccc5c4)c3c3cccnc32)cc1.c1ccc(-n2c3ccccc3c3cc(-c4cccc5c4c4cccnc4n5-c4ccccc4)ccc32)cc1. The molecular weight excluding hydrogens is 1480 g/mol. The Labute approximate surface area is 701 Å². The fourth-order valence-electron chi connectivity index (χ4n) is 19.3. The number of nitrogens with zero attached hydrogens (tertiary/aromatic N) is 9. The summed E-state index contributed by atoms with van der Waals surface area (Å²) in [6.07, 6.45) is 5.65. The molecule has 0 bridgehead atoms. The average Bonchev–Trinajstić information content (AvgIpc) is 1.57. The molecule has 0 saturated heterocycles. The van der Waals surface area contributed by atoms with Gasteiger partial charge in [-0.25, -0.2) is 9.97 Å². The van der Waals surface area contributed by atoms with Crippen LogP contribution < -0.4 is 0 Å². The van der Waals surface area contributed by atoms with Gasteiger partial charge < -0.3 is 18.3 Å². The molecule has 9 aromatic heterocycles. The molecule has 122 heavy (non-hydrogen) atoms. The minimum atomic E-state index is 0.972. The summed E-state index contributed by atoms with van der Waals surface area (Å²) >= 11 is 0. The van der Waals surface area contributed by atoms with E-state index in [0.717, 1.165) is 72.1 Å². The van der Waals surface area contributed by atoms with Crippen LogP contribution in [0.2, 0.25) is 0 Å². The van der Waals surface area contributed by atoms with E-state index >= 15 is 0 Å². The van der Waals surface area contributed by atoms with Crippen molar-refractivity contribution in [3.8, 4) is 67.5 Å². The van der Waals surface area contributed by atoms with Gasteiger partial charge in [-0.05, 0) is 243 Å². The monoisotopic (exact) mass is 1560 g/mol. The maximum atomic E-state index is 4.84. The molecule has 26 aromatic rings. The van der Waals surface area contributed by atoms with Crippen LogP contribution in [0.5, 0.6) is 0 Å². The van der Waals surface area contributed by atoms with Crippen LogP contribution in [0, 0.1) is 0 Å². The highest BCUT2D eigenvalue weighted by atomic mass is 15.1. The smallest absolute Gasteiger partial charge is 0.145 e. The van der Waals surface area contributed by atoms with Gasteiger partial charge in [0.15, 0.2) is 0 Å². The van der Waals surface area contributed by atoms with Crippen molar-refractivity contribution < 1.29 is 0 Å². The maximum absolute atomic E-state index is 4.84. The molecule has 0 aliphatic carbocycles. The van der Waals surface area contributed by atoms with Crippen molar-refractivity contribution >= 4 is 153 Å². The Hall–Kier alpha value is -16.5. The van der Waals surface area contributed by atoms with Gasteiger partial charge in [0.05, 0.1) is 60.7 Å². The fraction of sp³-hybridized carbons (Fsp3) is 0. The van der Waals surface area contributed by atoms with Gasteiger partial charge >= 0.3 is 0 Å². The Bertz CT molecular complexity index is 8640.